The third kappa shape index (κ3) is 3.22. The molecule has 0 amide bonds. The fraction of sp³-hybridized carbons (Fsp3) is 0.174. The van der Waals surface area contributed by atoms with Gasteiger partial charge in [0.25, 0.3) is 0 Å². The minimum absolute atomic E-state index is 0.0260. The summed E-state index contributed by atoms with van der Waals surface area (Å²) in [6.07, 6.45) is 0.360. The van der Waals surface area contributed by atoms with E-state index >= 15 is 0 Å². The van der Waals surface area contributed by atoms with Crippen molar-refractivity contribution in [2.24, 2.45) is 5.10 Å². The van der Waals surface area contributed by atoms with Crippen LogP contribution in [0.1, 0.15) is 35.4 Å². The molecule has 0 fully saturated rings. The molecule has 5 rings (SSSR count). The zero-order valence-electron chi connectivity index (χ0n) is 15.7. The van der Waals surface area contributed by atoms with Crippen molar-refractivity contribution in [3.8, 4) is 11.5 Å². The molecule has 2 heterocycles. The lowest BCUT2D eigenvalue weighted by Gasteiger charge is -2.38. The Morgan fingerprint density at radius 3 is 2.52 bits per heavy atom. The van der Waals surface area contributed by atoms with E-state index in [-0.39, 0.29) is 6.04 Å². The lowest BCUT2D eigenvalue weighted by molar-refractivity contribution is -0.0203. The summed E-state index contributed by atoms with van der Waals surface area (Å²) in [7, 11) is 1.67. The second-order valence-electron chi connectivity index (χ2n) is 7.05. The Bertz CT molecular complexity index is 1100. The smallest absolute Gasteiger partial charge is 0.217 e. The number of hydrazone groups is 1. The Morgan fingerprint density at radius 2 is 1.72 bits per heavy atom. The maximum absolute atomic E-state index is 6.39. The van der Waals surface area contributed by atoms with Crippen LogP contribution in [0.15, 0.2) is 71.8 Å². The van der Waals surface area contributed by atoms with Gasteiger partial charge < -0.3 is 9.47 Å². The Balaban J connectivity index is 1.62. The van der Waals surface area contributed by atoms with Crippen molar-refractivity contribution < 1.29 is 9.47 Å². The molecule has 29 heavy (non-hydrogen) atoms. The minimum atomic E-state index is -0.394. The molecule has 0 saturated carbocycles. The predicted octanol–water partition coefficient (Wildman–Crippen LogP) is 6.24. The number of hydrogen-bond acceptors (Lipinski definition) is 4. The zero-order valence-corrected chi connectivity index (χ0v) is 17.2. The number of halogens is 2. The van der Waals surface area contributed by atoms with E-state index < -0.39 is 6.23 Å². The highest BCUT2D eigenvalue weighted by atomic mass is 35.5. The van der Waals surface area contributed by atoms with Gasteiger partial charge in [-0.3, -0.25) is 0 Å². The van der Waals surface area contributed by atoms with Crippen molar-refractivity contribution in [3.63, 3.8) is 0 Å². The molecule has 3 aromatic carbocycles. The molecule has 0 N–H and O–H groups in total. The molecule has 0 bridgehead atoms. The van der Waals surface area contributed by atoms with Crippen LogP contribution in [0.5, 0.6) is 11.5 Å². The Kier molecular flexibility index (Phi) is 4.61. The largest absolute Gasteiger partial charge is 0.496 e. The monoisotopic (exact) mass is 424 g/mol. The van der Waals surface area contributed by atoms with Gasteiger partial charge in [0.15, 0.2) is 0 Å². The van der Waals surface area contributed by atoms with Crippen LogP contribution in [0.4, 0.5) is 0 Å². The molecule has 3 aromatic rings. The quantitative estimate of drug-likeness (QED) is 0.498. The van der Waals surface area contributed by atoms with Crippen LogP contribution in [0.2, 0.25) is 10.0 Å². The summed E-state index contributed by atoms with van der Waals surface area (Å²) >= 11 is 12.4. The fourth-order valence-electron chi connectivity index (χ4n) is 3.95. The molecule has 0 radical (unpaired) electrons. The Hall–Kier alpha value is -2.69. The van der Waals surface area contributed by atoms with E-state index in [1.54, 1.807) is 7.11 Å². The summed E-state index contributed by atoms with van der Waals surface area (Å²) in [5.41, 5.74) is 4.01. The number of ether oxygens (including phenoxy) is 2. The molecule has 146 valence electrons. The van der Waals surface area contributed by atoms with E-state index in [1.807, 2.05) is 71.7 Å². The van der Waals surface area contributed by atoms with E-state index in [0.29, 0.717) is 10.0 Å². The van der Waals surface area contributed by atoms with E-state index in [9.17, 15) is 0 Å². The second kappa shape index (κ2) is 7.29. The van der Waals surface area contributed by atoms with Gasteiger partial charge in [-0.1, -0.05) is 47.5 Å². The highest BCUT2D eigenvalue weighted by Crippen LogP contribution is 2.49. The number of hydrogen-bond donors (Lipinski definition) is 0. The van der Waals surface area contributed by atoms with Gasteiger partial charge in [-0.15, -0.1) is 0 Å². The van der Waals surface area contributed by atoms with Gasteiger partial charge in [0.1, 0.15) is 11.5 Å². The molecule has 0 aliphatic carbocycles. The molecule has 0 spiro atoms. The highest BCUT2D eigenvalue weighted by Gasteiger charge is 2.42. The molecule has 6 heteroatoms. The van der Waals surface area contributed by atoms with Crippen molar-refractivity contribution in [2.75, 3.05) is 7.11 Å². The molecule has 2 aliphatic heterocycles. The zero-order chi connectivity index (χ0) is 20.0. The SMILES string of the molecule is COc1ccccc1[C@H]1Oc2ccc(Cl)cc2[C@H]2CC(c3ccc(Cl)cc3)=NN21. The van der Waals surface area contributed by atoms with Gasteiger partial charge in [0, 0.05) is 22.0 Å². The first-order chi connectivity index (χ1) is 14.1. The fourth-order valence-corrected chi connectivity index (χ4v) is 4.26. The van der Waals surface area contributed by atoms with E-state index in [2.05, 4.69) is 0 Å². The third-order valence-electron chi connectivity index (χ3n) is 5.33. The summed E-state index contributed by atoms with van der Waals surface area (Å²) in [6.45, 7) is 0. The maximum Gasteiger partial charge on any atom is 0.217 e. The van der Waals surface area contributed by atoms with Crippen LogP contribution in [-0.4, -0.2) is 17.8 Å². The van der Waals surface area contributed by atoms with Crippen LogP contribution in [0, 0.1) is 0 Å². The van der Waals surface area contributed by atoms with Crippen molar-refractivity contribution in [1.29, 1.82) is 0 Å². The standard InChI is InChI=1S/C23H18Cl2N2O2/c1-28-21-5-3-2-4-17(21)23-27-20(18-12-16(25)10-11-22(18)29-23)13-19(26-27)14-6-8-15(24)9-7-14/h2-12,20,23H,13H2,1H3/t20-,23-/m1/s1. The van der Waals surface area contributed by atoms with E-state index in [0.717, 1.165) is 40.3 Å². The van der Waals surface area contributed by atoms with E-state index in [4.69, 9.17) is 37.8 Å². The van der Waals surface area contributed by atoms with Gasteiger partial charge in [0.05, 0.1) is 24.4 Å². The molecule has 0 aromatic heterocycles. The molecule has 2 atom stereocenters. The van der Waals surface area contributed by atoms with Crippen LogP contribution < -0.4 is 9.47 Å². The topological polar surface area (TPSA) is 34.1 Å². The Labute approximate surface area is 179 Å². The highest BCUT2D eigenvalue weighted by molar-refractivity contribution is 6.31. The Morgan fingerprint density at radius 1 is 0.966 bits per heavy atom. The summed E-state index contributed by atoms with van der Waals surface area (Å²) in [6, 6.07) is 21.4. The predicted molar refractivity (Wildman–Crippen MR) is 115 cm³/mol. The summed E-state index contributed by atoms with van der Waals surface area (Å²) in [5, 5.41) is 8.36. The van der Waals surface area contributed by atoms with Crippen molar-refractivity contribution in [1.82, 2.24) is 5.01 Å². The van der Waals surface area contributed by atoms with Crippen molar-refractivity contribution in [2.45, 2.75) is 18.7 Å². The normalized spacial score (nSPS) is 19.8. The maximum atomic E-state index is 6.39. The van der Waals surface area contributed by atoms with Gasteiger partial charge >= 0.3 is 0 Å². The van der Waals surface area contributed by atoms with Crippen molar-refractivity contribution >= 4 is 28.9 Å². The lowest BCUT2D eigenvalue weighted by Crippen LogP contribution is -2.33. The second-order valence-corrected chi connectivity index (χ2v) is 7.92. The lowest BCUT2D eigenvalue weighted by atomic mass is 9.96. The number of methoxy groups -OCH3 is 1. The molecule has 2 aliphatic rings. The third-order valence-corrected chi connectivity index (χ3v) is 5.82. The number of nitrogens with zero attached hydrogens (tertiary/aromatic N) is 2. The average Bonchev–Trinajstić information content (AvgIpc) is 3.19. The summed E-state index contributed by atoms with van der Waals surface area (Å²) in [4.78, 5) is 0. The van der Waals surface area contributed by atoms with Gasteiger partial charge in [-0.25, -0.2) is 5.01 Å². The first-order valence-corrected chi connectivity index (χ1v) is 10.1. The molecular weight excluding hydrogens is 407 g/mol. The minimum Gasteiger partial charge on any atom is -0.496 e. The first kappa shape index (κ1) is 18.3. The molecule has 0 unspecified atom stereocenters. The van der Waals surface area contributed by atoms with Crippen molar-refractivity contribution in [3.05, 3.63) is 93.5 Å². The van der Waals surface area contributed by atoms with Gasteiger partial charge in [0.2, 0.25) is 6.23 Å². The summed E-state index contributed by atoms with van der Waals surface area (Å²) < 4.78 is 12.0. The molecule has 4 nitrogen and oxygen atoms in total. The van der Waals surface area contributed by atoms with Crippen LogP contribution >= 0.6 is 23.2 Å². The van der Waals surface area contributed by atoms with Crippen LogP contribution in [0.25, 0.3) is 0 Å². The molecular formula is C23H18Cl2N2O2. The number of rotatable bonds is 3. The number of para-hydroxylation sites is 1. The average molecular weight is 425 g/mol. The van der Waals surface area contributed by atoms with Crippen LogP contribution in [-0.2, 0) is 0 Å². The van der Waals surface area contributed by atoms with E-state index in [1.165, 1.54) is 0 Å². The number of benzene rings is 3. The molecule has 0 saturated heterocycles. The van der Waals surface area contributed by atoms with Crippen LogP contribution in [0.3, 0.4) is 0 Å². The van der Waals surface area contributed by atoms with Gasteiger partial charge in [-0.2, -0.15) is 5.10 Å². The first-order valence-electron chi connectivity index (χ1n) is 9.35. The van der Waals surface area contributed by atoms with Gasteiger partial charge in [-0.05, 0) is 48.0 Å². The number of fused-ring (bicyclic) bond motifs is 3. The summed E-state index contributed by atoms with van der Waals surface area (Å²) in [5.74, 6) is 1.59.